The van der Waals surface area contributed by atoms with Crippen LogP contribution < -0.4 is 0 Å². The number of hydrogen-bond donors (Lipinski definition) is 4. The summed E-state index contributed by atoms with van der Waals surface area (Å²) in [6.07, 6.45) is 65.9. The van der Waals surface area contributed by atoms with E-state index in [2.05, 4.69) is 164 Å². The van der Waals surface area contributed by atoms with Gasteiger partial charge in [-0.25, -0.2) is 4.18 Å². The molecule has 1 saturated heterocycles. The van der Waals surface area contributed by atoms with E-state index >= 15 is 0 Å². The van der Waals surface area contributed by atoms with Crippen LogP contribution in [0.2, 0.25) is 0 Å². The second-order valence-electron chi connectivity index (χ2n) is 18.1. The number of esters is 1. The molecule has 1 heterocycles. The highest BCUT2D eigenvalue weighted by Gasteiger charge is 2.48. The molecule has 0 bridgehead atoms. The molecule has 74 heavy (non-hydrogen) atoms. The second kappa shape index (κ2) is 49.8. The minimum Gasteiger partial charge on any atom is -0.457 e. The molecule has 0 amide bonds. The third-order valence-corrected chi connectivity index (χ3v) is 11.9. The zero-order valence-electron chi connectivity index (χ0n) is 45.1. The molecule has 0 aromatic rings. The number of allylic oxidation sites excluding steroid dienone is 24. The Bertz CT molecular complexity index is 1840. The fourth-order valence-corrected chi connectivity index (χ4v) is 7.89. The molecule has 418 valence electrons. The molecular weight excluding hydrogens is 957 g/mol. The van der Waals surface area contributed by atoms with Gasteiger partial charge in [0, 0.05) is 13.0 Å². The van der Waals surface area contributed by atoms with Crippen molar-refractivity contribution in [2.24, 2.45) is 0 Å². The number of aliphatic hydroxyl groups is 3. The highest BCUT2D eigenvalue weighted by atomic mass is 32.3. The molecule has 0 aromatic heterocycles. The van der Waals surface area contributed by atoms with Crippen molar-refractivity contribution in [1.82, 2.24) is 0 Å². The van der Waals surface area contributed by atoms with Gasteiger partial charge in [0.25, 0.3) is 0 Å². The lowest BCUT2D eigenvalue weighted by molar-refractivity contribution is -0.301. The molecule has 1 aliphatic heterocycles. The molecule has 0 spiro atoms. The Balaban J connectivity index is 2.40. The minimum atomic E-state index is -5.09. The summed E-state index contributed by atoms with van der Waals surface area (Å²) < 4.78 is 59.3. The molecule has 0 aromatic carbocycles. The Morgan fingerprint density at radius 2 is 0.892 bits per heavy atom. The summed E-state index contributed by atoms with van der Waals surface area (Å²) in [5.74, 6) is -0.443. The summed E-state index contributed by atoms with van der Waals surface area (Å²) in [4.78, 5) is 12.9. The van der Waals surface area contributed by atoms with Crippen LogP contribution in [0.5, 0.6) is 0 Å². The number of ether oxygens (including phenoxy) is 4. The lowest BCUT2D eigenvalue weighted by atomic mass is 9.99. The molecule has 0 aliphatic carbocycles. The van der Waals surface area contributed by atoms with Gasteiger partial charge in [-0.1, -0.05) is 192 Å². The third kappa shape index (κ3) is 42.2. The van der Waals surface area contributed by atoms with Crippen LogP contribution in [-0.4, -0.2) is 97.5 Å². The Kier molecular flexibility index (Phi) is 45.8. The average molecular weight is 1050 g/mol. The summed E-state index contributed by atoms with van der Waals surface area (Å²) in [6, 6.07) is 0. The molecule has 1 fully saturated rings. The largest absolute Gasteiger partial charge is 0.457 e. The van der Waals surface area contributed by atoms with Gasteiger partial charge in [0.15, 0.2) is 6.29 Å². The predicted octanol–water partition coefficient (Wildman–Crippen LogP) is 13.6. The number of carbonyl (C=O) groups excluding carboxylic acids is 1. The number of carbonyl (C=O) groups is 1. The van der Waals surface area contributed by atoms with Crippen LogP contribution >= 0.6 is 0 Å². The molecular formula is C61H96O12S. The lowest BCUT2D eigenvalue weighted by Crippen LogP contribution is -2.60. The Morgan fingerprint density at radius 1 is 0.514 bits per heavy atom. The van der Waals surface area contributed by atoms with E-state index in [0.29, 0.717) is 13.0 Å². The van der Waals surface area contributed by atoms with Crippen LogP contribution in [0.25, 0.3) is 0 Å². The van der Waals surface area contributed by atoms with Gasteiger partial charge in [-0.15, -0.1) is 0 Å². The molecule has 12 nitrogen and oxygen atoms in total. The van der Waals surface area contributed by atoms with Crippen molar-refractivity contribution >= 4 is 16.4 Å². The third-order valence-electron chi connectivity index (χ3n) is 11.5. The van der Waals surface area contributed by atoms with E-state index in [1.54, 1.807) is 0 Å². The smallest absolute Gasteiger partial charge is 0.397 e. The van der Waals surface area contributed by atoms with Crippen LogP contribution in [0.3, 0.4) is 0 Å². The molecule has 6 atom stereocenters. The van der Waals surface area contributed by atoms with Gasteiger partial charge in [-0.05, 0) is 116 Å². The SMILES string of the molecule is CC/C=C\C/C=C\C/C=C\C/C=C\C/C=C\C/C=C\C/C=C\CCCCCC(=O)OC(COCCCCCCCC/C=C\C/C=C\C/C=C\C/C=C\C/C=C\CC)COC1OC(CO)C(O)C(OS(=O)(=O)O)C1O. The van der Waals surface area contributed by atoms with Crippen molar-refractivity contribution in [3.8, 4) is 0 Å². The highest BCUT2D eigenvalue weighted by molar-refractivity contribution is 7.80. The summed E-state index contributed by atoms with van der Waals surface area (Å²) in [6.45, 7) is 3.66. The molecule has 0 radical (unpaired) electrons. The van der Waals surface area contributed by atoms with Crippen molar-refractivity contribution in [3.63, 3.8) is 0 Å². The molecule has 0 saturated carbocycles. The molecule has 13 heteroatoms. The van der Waals surface area contributed by atoms with E-state index in [0.717, 1.165) is 141 Å². The number of rotatable bonds is 46. The van der Waals surface area contributed by atoms with Crippen molar-refractivity contribution in [3.05, 3.63) is 146 Å². The summed E-state index contributed by atoms with van der Waals surface area (Å²) in [5, 5.41) is 30.8. The van der Waals surface area contributed by atoms with Gasteiger partial charge in [-0.2, -0.15) is 8.42 Å². The van der Waals surface area contributed by atoms with Gasteiger partial charge in [0.2, 0.25) is 0 Å². The van der Waals surface area contributed by atoms with E-state index in [9.17, 15) is 33.1 Å². The van der Waals surface area contributed by atoms with Gasteiger partial charge >= 0.3 is 16.4 Å². The lowest BCUT2D eigenvalue weighted by Gasteiger charge is -2.41. The topological polar surface area (TPSA) is 178 Å². The first-order chi connectivity index (χ1) is 36.1. The summed E-state index contributed by atoms with van der Waals surface area (Å²) >= 11 is 0. The van der Waals surface area contributed by atoms with Crippen LogP contribution in [0, 0.1) is 0 Å². The zero-order chi connectivity index (χ0) is 53.8. The van der Waals surface area contributed by atoms with Crippen molar-refractivity contribution < 1.29 is 56.2 Å². The number of unbranched alkanes of at least 4 members (excludes halogenated alkanes) is 9. The fraction of sp³-hybridized carbons (Fsp3) is 0.590. The first-order valence-corrected chi connectivity index (χ1v) is 29.0. The minimum absolute atomic E-state index is 0.000361. The standard InChI is InChI=1S/C61H96O12S/c1-3-5-7-9-11-13-15-17-19-21-23-25-27-28-29-30-32-34-36-38-40-42-44-46-48-50-57(63)71-55(54-70-61-59(65)60(73-74(66,67)68)58(64)56(52-62)72-61)53-69-51-49-47-45-43-41-39-37-35-33-31-26-24-22-20-18-16-14-12-10-8-6-4-2/h5-8,11-14,17-20,23-26,28-29,32-35,38,40,55-56,58-62,64-65H,3-4,9-10,15-16,21-22,27,30-31,36-37,39,41-54H2,1-2H3,(H,66,67,68)/b7-5-,8-6-,13-11-,14-12-,19-17-,20-18-,25-23-,26-24-,29-28-,34-32-,35-33-,40-38-. The Morgan fingerprint density at radius 3 is 1.30 bits per heavy atom. The van der Waals surface area contributed by atoms with Gasteiger partial charge < -0.3 is 34.3 Å². The second-order valence-corrected chi connectivity index (χ2v) is 19.1. The maximum atomic E-state index is 12.9. The van der Waals surface area contributed by atoms with E-state index in [4.69, 9.17) is 18.9 Å². The summed E-state index contributed by atoms with van der Waals surface area (Å²) in [5.41, 5.74) is 0. The summed E-state index contributed by atoms with van der Waals surface area (Å²) in [7, 11) is -5.09. The van der Waals surface area contributed by atoms with Crippen LogP contribution in [0.15, 0.2) is 146 Å². The van der Waals surface area contributed by atoms with Gasteiger partial charge in [0.1, 0.15) is 30.5 Å². The van der Waals surface area contributed by atoms with Crippen LogP contribution in [0.4, 0.5) is 0 Å². The maximum Gasteiger partial charge on any atom is 0.397 e. The van der Waals surface area contributed by atoms with Crippen molar-refractivity contribution in [1.29, 1.82) is 0 Å². The van der Waals surface area contributed by atoms with Crippen molar-refractivity contribution in [2.75, 3.05) is 26.4 Å². The molecule has 1 aliphatic rings. The first-order valence-electron chi connectivity index (χ1n) is 27.6. The normalized spacial score (nSPS) is 19.9. The number of aliphatic hydroxyl groups excluding tert-OH is 3. The molecule has 4 N–H and O–H groups in total. The van der Waals surface area contributed by atoms with Crippen LogP contribution in [-0.2, 0) is 38.3 Å². The first kappa shape index (κ1) is 68.0. The molecule has 6 unspecified atom stereocenters. The highest BCUT2D eigenvalue weighted by Crippen LogP contribution is 2.26. The van der Waals surface area contributed by atoms with E-state index in [-0.39, 0.29) is 19.6 Å². The van der Waals surface area contributed by atoms with Crippen LogP contribution in [0.1, 0.15) is 168 Å². The van der Waals surface area contributed by atoms with E-state index < -0.39 is 59.8 Å². The predicted molar refractivity (Wildman–Crippen MR) is 303 cm³/mol. The fourth-order valence-electron chi connectivity index (χ4n) is 7.38. The van der Waals surface area contributed by atoms with E-state index in [1.807, 2.05) is 0 Å². The Labute approximate surface area is 447 Å². The monoisotopic (exact) mass is 1050 g/mol. The molecule has 1 rings (SSSR count). The van der Waals surface area contributed by atoms with Crippen molar-refractivity contribution in [2.45, 2.75) is 205 Å². The van der Waals surface area contributed by atoms with Gasteiger partial charge in [0.05, 0.1) is 19.8 Å². The van der Waals surface area contributed by atoms with E-state index in [1.165, 1.54) is 0 Å². The number of hydrogen-bond acceptors (Lipinski definition) is 11. The van der Waals surface area contributed by atoms with Gasteiger partial charge in [-0.3, -0.25) is 9.35 Å². The average Bonchev–Trinajstić information content (AvgIpc) is 3.38. The quantitative estimate of drug-likeness (QED) is 0.0197. The Hall–Kier alpha value is -4.02. The zero-order valence-corrected chi connectivity index (χ0v) is 45.9. The maximum absolute atomic E-state index is 12.9.